The molecule has 0 radical (unpaired) electrons. The molecule has 2 aromatic heterocycles. The fourth-order valence-electron chi connectivity index (χ4n) is 2.95. The van der Waals surface area contributed by atoms with Crippen molar-refractivity contribution < 1.29 is 0 Å². The molecule has 0 aromatic carbocycles. The first-order valence-corrected chi connectivity index (χ1v) is 7.38. The van der Waals surface area contributed by atoms with Crippen LogP contribution in [0.15, 0.2) is 30.6 Å². The quantitative estimate of drug-likeness (QED) is 0.938. The molecule has 1 N–H and O–H groups in total. The van der Waals surface area contributed by atoms with E-state index >= 15 is 0 Å². The maximum Gasteiger partial charge on any atom is 0.0766 e. The van der Waals surface area contributed by atoms with Crippen molar-refractivity contribution in [2.45, 2.75) is 24.8 Å². The van der Waals surface area contributed by atoms with E-state index in [1.54, 1.807) is 12.3 Å². The lowest BCUT2D eigenvalue weighted by Crippen LogP contribution is -2.24. The average molecular weight is 308 g/mol. The Morgan fingerprint density at radius 2 is 2.20 bits per heavy atom. The zero-order valence-corrected chi connectivity index (χ0v) is 12.6. The summed E-state index contributed by atoms with van der Waals surface area (Å²) in [5.41, 5.74) is 3.31. The van der Waals surface area contributed by atoms with Crippen LogP contribution in [0.5, 0.6) is 0 Å². The lowest BCUT2D eigenvalue weighted by atomic mass is 9.94. The van der Waals surface area contributed by atoms with E-state index in [0.29, 0.717) is 16.0 Å². The second kappa shape index (κ2) is 5.68. The Balaban J connectivity index is 1.99. The number of likely N-dealkylation sites (N-methyl/N-ethyl adjacent to an activating group) is 1. The number of hydrogen-bond acceptors (Lipinski definition) is 3. The molecule has 3 rings (SSSR count). The number of nitrogens with zero attached hydrogens (tertiary/aromatic N) is 2. The van der Waals surface area contributed by atoms with Crippen LogP contribution in [0.4, 0.5) is 0 Å². The molecule has 0 saturated heterocycles. The predicted molar refractivity (Wildman–Crippen MR) is 81.4 cm³/mol. The van der Waals surface area contributed by atoms with Gasteiger partial charge in [0, 0.05) is 24.0 Å². The van der Waals surface area contributed by atoms with E-state index in [1.807, 2.05) is 19.3 Å². The summed E-state index contributed by atoms with van der Waals surface area (Å²) < 4.78 is 0. The van der Waals surface area contributed by atoms with Crippen molar-refractivity contribution in [3.8, 4) is 0 Å². The van der Waals surface area contributed by atoms with Crippen molar-refractivity contribution in [1.29, 1.82) is 0 Å². The maximum absolute atomic E-state index is 6.30. The van der Waals surface area contributed by atoms with E-state index in [4.69, 9.17) is 23.2 Å². The second-order valence-corrected chi connectivity index (χ2v) is 5.82. The standard InChI is InChI=1S/C15H15Cl2N3/c1-18-14(15-12(17)7-10(16)8-20-15)11-5-4-9-3-2-6-19-13(9)11/h2-3,6-8,11,14,18H,4-5H2,1H3. The van der Waals surface area contributed by atoms with Crippen LogP contribution in [0.25, 0.3) is 0 Å². The molecule has 0 bridgehead atoms. The molecular weight excluding hydrogens is 293 g/mol. The Morgan fingerprint density at radius 1 is 1.35 bits per heavy atom. The molecule has 0 amide bonds. The molecule has 5 heteroatoms. The summed E-state index contributed by atoms with van der Waals surface area (Å²) >= 11 is 12.2. The zero-order valence-electron chi connectivity index (χ0n) is 11.1. The third-order valence-corrected chi connectivity index (χ3v) is 4.36. The molecule has 0 fully saturated rings. The minimum absolute atomic E-state index is 0.0518. The molecule has 2 atom stereocenters. The van der Waals surface area contributed by atoms with Crippen molar-refractivity contribution in [2.24, 2.45) is 0 Å². The minimum Gasteiger partial charge on any atom is -0.311 e. The highest BCUT2D eigenvalue weighted by molar-refractivity contribution is 6.34. The van der Waals surface area contributed by atoms with E-state index in [1.165, 1.54) is 5.56 Å². The molecule has 3 nitrogen and oxygen atoms in total. The minimum atomic E-state index is 0.0518. The Bertz CT molecular complexity index is 630. The molecule has 104 valence electrons. The third-order valence-electron chi connectivity index (χ3n) is 3.85. The topological polar surface area (TPSA) is 37.8 Å². The highest BCUT2D eigenvalue weighted by Crippen LogP contribution is 2.41. The first kappa shape index (κ1) is 13.8. The second-order valence-electron chi connectivity index (χ2n) is 4.98. The first-order valence-electron chi connectivity index (χ1n) is 6.62. The van der Waals surface area contributed by atoms with E-state index in [-0.39, 0.29) is 6.04 Å². The van der Waals surface area contributed by atoms with Crippen molar-refractivity contribution >= 4 is 23.2 Å². The molecular formula is C15H15Cl2N3. The number of hydrogen-bond donors (Lipinski definition) is 1. The Hall–Kier alpha value is -1.16. The number of nitrogens with one attached hydrogen (secondary N) is 1. The van der Waals surface area contributed by atoms with Crippen LogP contribution in [0, 0.1) is 0 Å². The fourth-order valence-corrected chi connectivity index (χ4v) is 3.45. The van der Waals surface area contributed by atoms with Crippen LogP contribution in [-0.2, 0) is 6.42 Å². The van der Waals surface area contributed by atoms with Gasteiger partial charge in [-0.15, -0.1) is 0 Å². The maximum atomic E-state index is 6.30. The predicted octanol–water partition coefficient (Wildman–Crippen LogP) is 3.77. The molecule has 0 aliphatic heterocycles. The van der Waals surface area contributed by atoms with E-state index in [2.05, 4.69) is 21.4 Å². The number of aryl methyl sites for hydroxylation is 1. The summed E-state index contributed by atoms with van der Waals surface area (Å²) in [6, 6.07) is 5.93. The number of aromatic nitrogens is 2. The fraction of sp³-hybridized carbons (Fsp3) is 0.333. The average Bonchev–Trinajstić information content (AvgIpc) is 2.86. The monoisotopic (exact) mass is 307 g/mol. The van der Waals surface area contributed by atoms with Gasteiger partial charge in [-0.3, -0.25) is 9.97 Å². The molecule has 1 aliphatic rings. The molecule has 2 unspecified atom stereocenters. The Morgan fingerprint density at radius 3 is 2.95 bits per heavy atom. The van der Waals surface area contributed by atoms with Gasteiger partial charge in [0.25, 0.3) is 0 Å². The zero-order chi connectivity index (χ0) is 14.1. The summed E-state index contributed by atoms with van der Waals surface area (Å²) in [5.74, 6) is 0.294. The molecule has 20 heavy (non-hydrogen) atoms. The molecule has 1 aliphatic carbocycles. The Kier molecular flexibility index (Phi) is 3.92. The molecule has 2 heterocycles. The van der Waals surface area contributed by atoms with Gasteiger partial charge >= 0.3 is 0 Å². The van der Waals surface area contributed by atoms with Gasteiger partial charge in [0.2, 0.25) is 0 Å². The summed E-state index contributed by atoms with van der Waals surface area (Å²) in [4.78, 5) is 8.96. The van der Waals surface area contributed by atoms with Crippen LogP contribution in [0.1, 0.15) is 35.3 Å². The summed E-state index contributed by atoms with van der Waals surface area (Å²) in [5, 5.41) is 4.48. The van der Waals surface area contributed by atoms with Crippen molar-refractivity contribution in [2.75, 3.05) is 7.05 Å². The lowest BCUT2D eigenvalue weighted by molar-refractivity contribution is 0.460. The Labute approximate surface area is 128 Å². The number of pyridine rings is 2. The van der Waals surface area contributed by atoms with E-state index < -0.39 is 0 Å². The van der Waals surface area contributed by atoms with Gasteiger partial charge in [-0.2, -0.15) is 0 Å². The van der Waals surface area contributed by atoms with Gasteiger partial charge in [0.05, 0.1) is 21.8 Å². The summed E-state index contributed by atoms with van der Waals surface area (Å²) in [7, 11) is 1.93. The molecule has 0 saturated carbocycles. The van der Waals surface area contributed by atoms with Crippen LogP contribution in [-0.4, -0.2) is 17.0 Å². The van der Waals surface area contributed by atoms with E-state index in [0.717, 1.165) is 24.2 Å². The third kappa shape index (κ3) is 2.41. The highest BCUT2D eigenvalue weighted by Gasteiger charge is 2.32. The van der Waals surface area contributed by atoms with Crippen LogP contribution in [0.3, 0.4) is 0 Å². The first-order chi connectivity index (χ1) is 9.70. The molecule has 2 aromatic rings. The molecule has 0 spiro atoms. The van der Waals surface area contributed by atoms with Gasteiger partial charge in [-0.05, 0) is 37.6 Å². The van der Waals surface area contributed by atoms with Gasteiger partial charge in [0.1, 0.15) is 0 Å². The SMILES string of the molecule is CNC(c1ncc(Cl)cc1Cl)C1CCc2cccnc21. The van der Waals surface area contributed by atoms with Crippen molar-refractivity contribution in [1.82, 2.24) is 15.3 Å². The number of rotatable bonds is 3. The van der Waals surface area contributed by atoms with Gasteiger partial charge in [0.15, 0.2) is 0 Å². The van der Waals surface area contributed by atoms with Gasteiger partial charge in [-0.25, -0.2) is 0 Å². The number of fused-ring (bicyclic) bond motifs is 1. The van der Waals surface area contributed by atoms with Crippen LogP contribution < -0.4 is 5.32 Å². The lowest BCUT2D eigenvalue weighted by Gasteiger charge is -2.23. The highest BCUT2D eigenvalue weighted by atomic mass is 35.5. The van der Waals surface area contributed by atoms with Crippen LogP contribution in [0.2, 0.25) is 10.0 Å². The van der Waals surface area contributed by atoms with Crippen molar-refractivity contribution in [3.05, 3.63) is 57.6 Å². The van der Waals surface area contributed by atoms with Crippen LogP contribution >= 0.6 is 23.2 Å². The smallest absolute Gasteiger partial charge is 0.0766 e. The van der Waals surface area contributed by atoms with E-state index in [9.17, 15) is 0 Å². The largest absolute Gasteiger partial charge is 0.311 e. The van der Waals surface area contributed by atoms with Gasteiger partial charge < -0.3 is 5.32 Å². The normalized spacial score (nSPS) is 18.9. The summed E-state index contributed by atoms with van der Waals surface area (Å²) in [6.07, 6.45) is 5.60. The van der Waals surface area contributed by atoms with Crippen molar-refractivity contribution in [3.63, 3.8) is 0 Å². The number of halogens is 2. The summed E-state index contributed by atoms with van der Waals surface area (Å²) in [6.45, 7) is 0. The van der Waals surface area contributed by atoms with Gasteiger partial charge in [-0.1, -0.05) is 29.3 Å².